The van der Waals surface area contributed by atoms with Gasteiger partial charge in [-0.3, -0.25) is 4.79 Å². The predicted octanol–water partition coefficient (Wildman–Crippen LogP) is 3.32. The highest BCUT2D eigenvalue weighted by Gasteiger charge is 2.26. The van der Waals surface area contributed by atoms with Crippen LogP contribution in [0.2, 0.25) is 0 Å². The number of carbonyl (C=O) groups is 1. The molecule has 19 heavy (non-hydrogen) atoms. The first-order valence-electron chi connectivity index (χ1n) is 6.77. The molecule has 3 heteroatoms. The number of benzene rings is 1. The molecule has 0 atom stereocenters. The largest absolute Gasteiger partial charge is 0.481 e. The molecule has 0 unspecified atom stereocenters. The molecule has 1 aromatic carbocycles. The number of carboxylic acids is 1. The van der Waals surface area contributed by atoms with Crippen molar-refractivity contribution < 1.29 is 9.90 Å². The average Bonchev–Trinajstić information content (AvgIpc) is 2.30. The van der Waals surface area contributed by atoms with Crippen LogP contribution < -0.4 is 5.32 Å². The number of hydrogen-bond donors (Lipinski definition) is 2. The van der Waals surface area contributed by atoms with Gasteiger partial charge in [-0.2, -0.15) is 0 Å². The van der Waals surface area contributed by atoms with Gasteiger partial charge in [-0.05, 0) is 43.4 Å². The van der Waals surface area contributed by atoms with E-state index < -0.39 is 11.4 Å². The van der Waals surface area contributed by atoms with Gasteiger partial charge in [0.2, 0.25) is 0 Å². The quantitative estimate of drug-likeness (QED) is 0.827. The molecule has 0 spiro atoms. The van der Waals surface area contributed by atoms with Crippen molar-refractivity contribution >= 4 is 5.97 Å². The lowest BCUT2D eigenvalue weighted by Crippen LogP contribution is -2.35. The Labute approximate surface area is 116 Å². The number of carboxylic acid groups (broad SMARTS) is 1. The van der Waals surface area contributed by atoms with Gasteiger partial charge in [0.1, 0.15) is 0 Å². The molecule has 0 aliphatic carbocycles. The van der Waals surface area contributed by atoms with E-state index in [1.165, 1.54) is 16.7 Å². The van der Waals surface area contributed by atoms with Gasteiger partial charge in [0.25, 0.3) is 0 Å². The lowest BCUT2D eigenvalue weighted by molar-refractivity contribution is -0.146. The fraction of sp³-hybridized carbons (Fsp3) is 0.562. The summed E-state index contributed by atoms with van der Waals surface area (Å²) >= 11 is 0. The maximum absolute atomic E-state index is 11.0. The van der Waals surface area contributed by atoms with Gasteiger partial charge < -0.3 is 10.4 Å². The van der Waals surface area contributed by atoms with Crippen molar-refractivity contribution in [2.45, 2.75) is 47.1 Å². The molecule has 3 nitrogen and oxygen atoms in total. The monoisotopic (exact) mass is 263 g/mol. The molecule has 0 heterocycles. The summed E-state index contributed by atoms with van der Waals surface area (Å²) in [4.78, 5) is 11.0. The summed E-state index contributed by atoms with van der Waals surface area (Å²) in [5.41, 5.74) is 3.07. The summed E-state index contributed by atoms with van der Waals surface area (Å²) in [7, 11) is 0. The van der Waals surface area contributed by atoms with Crippen molar-refractivity contribution in [2.75, 3.05) is 6.54 Å². The minimum atomic E-state index is -0.771. The van der Waals surface area contributed by atoms with Crippen LogP contribution in [0.5, 0.6) is 0 Å². The van der Waals surface area contributed by atoms with E-state index in [0.29, 0.717) is 19.0 Å². The van der Waals surface area contributed by atoms with Gasteiger partial charge in [-0.1, -0.05) is 32.0 Å². The molecule has 0 aliphatic heterocycles. The molecule has 106 valence electrons. The fourth-order valence-electron chi connectivity index (χ4n) is 1.83. The Morgan fingerprint density at radius 1 is 1.37 bits per heavy atom. The SMILES string of the molecule is Cc1ccc(C(C)C)cc1CNCC(C)(C)C(=O)O. The molecule has 0 aliphatic rings. The first-order chi connectivity index (χ1) is 8.74. The molecule has 0 saturated heterocycles. The third-order valence-electron chi connectivity index (χ3n) is 3.50. The highest BCUT2D eigenvalue weighted by Crippen LogP contribution is 2.19. The van der Waals surface area contributed by atoms with Crippen molar-refractivity contribution in [3.63, 3.8) is 0 Å². The van der Waals surface area contributed by atoms with E-state index in [1.807, 2.05) is 0 Å². The number of hydrogen-bond acceptors (Lipinski definition) is 2. The second-order valence-electron chi connectivity index (χ2n) is 6.13. The summed E-state index contributed by atoms with van der Waals surface area (Å²) in [5.74, 6) is -0.262. The molecule has 1 rings (SSSR count). The second-order valence-corrected chi connectivity index (χ2v) is 6.13. The van der Waals surface area contributed by atoms with Gasteiger partial charge in [0, 0.05) is 13.1 Å². The Hall–Kier alpha value is -1.35. The summed E-state index contributed by atoms with van der Waals surface area (Å²) in [6.07, 6.45) is 0. The molecule has 0 aromatic heterocycles. The normalized spacial score (nSPS) is 11.9. The van der Waals surface area contributed by atoms with Gasteiger partial charge in [0.15, 0.2) is 0 Å². The summed E-state index contributed by atoms with van der Waals surface area (Å²) in [5, 5.41) is 12.3. The highest BCUT2D eigenvalue weighted by atomic mass is 16.4. The van der Waals surface area contributed by atoms with Crippen LogP contribution in [0, 0.1) is 12.3 Å². The zero-order chi connectivity index (χ0) is 14.6. The topological polar surface area (TPSA) is 49.3 Å². The van der Waals surface area contributed by atoms with Crippen LogP contribution in [0.4, 0.5) is 0 Å². The molecule has 0 bridgehead atoms. The van der Waals surface area contributed by atoms with Crippen molar-refractivity contribution in [1.82, 2.24) is 5.32 Å². The first-order valence-corrected chi connectivity index (χ1v) is 6.77. The smallest absolute Gasteiger partial charge is 0.310 e. The van der Waals surface area contributed by atoms with Gasteiger partial charge in [-0.15, -0.1) is 0 Å². The zero-order valence-electron chi connectivity index (χ0n) is 12.6. The van der Waals surface area contributed by atoms with E-state index in [2.05, 4.69) is 44.3 Å². The van der Waals surface area contributed by atoms with Crippen LogP contribution in [0.25, 0.3) is 0 Å². The number of aryl methyl sites for hydroxylation is 1. The first kappa shape index (κ1) is 15.7. The molecule has 0 radical (unpaired) electrons. The Bertz CT molecular complexity index is 450. The minimum Gasteiger partial charge on any atom is -0.481 e. The van der Waals surface area contributed by atoms with E-state index in [0.717, 1.165) is 0 Å². The van der Waals surface area contributed by atoms with Crippen molar-refractivity contribution in [3.05, 3.63) is 34.9 Å². The molecule has 0 fully saturated rings. The average molecular weight is 263 g/mol. The van der Waals surface area contributed by atoms with E-state index >= 15 is 0 Å². The second kappa shape index (κ2) is 6.20. The molecule has 0 saturated carbocycles. The molecular formula is C16H25NO2. The van der Waals surface area contributed by atoms with Crippen LogP contribution in [0.15, 0.2) is 18.2 Å². The van der Waals surface area contributed by atoms with E-state index in [4.69, 9.17) is 5.11 Å². The highest BCUT2D eigenvalue weighted by molar-refractivity contribution is 5.73. The Kier molecular flexibility index (Phi) is 5.12. The fourth-order valence-corrected chi connectivity index (χ4v) is 1.83. The van der Waals surface area contributed by atoms with E-state index in [1.54, 1.807) is 13.8 Å². The van der Waals surface area contributed by atoms with Crippen LogP contribution in [0.1, 0.15) is 50.3 Å². The van der Waals surface area contributed by atoms with Crippen LogP contribution in [-0.2, 0) is 11.3 Å². The predicted molar refractivity (Wildman–Crippen MR) is 78.4 cm³/mol. The van der Waals surface area contributed by atoms with Crippen LogP contribution >= 0.6 is 0 Å². The van der Waals surface area contributed by atoms with Gasteiger partial charge >= 0.3 is 5.97 Å². The molecular weight excluding hydrogens is 238 g/mol. The Morgan fingerprint density at radius 2 is 2.00 bits per heavy atom. The van der Waals surface area contributed by atoms with Crippen molar-refractivity contribution in [2.24, 2.45) is 5.41 Å². The van der Waals surface area contributed by atoms with E-state index in [9.17, 15) is 4.79 Å². The van der Waals surface area contributed by atoms with Crippen molar-refractivity contribution in [1.29, 1.82) is 0 Å². The summed E-state index contributed by atoms with van der Waals surface area (Å²) in [6, 6.07) is 6.50. The minimum absolute atomic E-state index is 0.466. The number of nitrogens with one attached hydrogen (secondary N) is 1. The lowest BCUT2D eigenvalue weighted by Gasteiger charge is -2.20. The van der Waals surface area contributed by atoms with Crippen LogP contribution in [0.3, 0.4) is 0 Å². The maximum Gasteiger partial charge on any atom is 0.310 e. The van der Waals surface area contributed by atoms with Crippen molar-refractivity contribution in [3.8, 4) is 0 Å². The molecule has 0 amide bonds. The Balaban J connectivity index is 2.68. The van der Waals surface area contributed by atoms with Gasteiger partial charge in [0.05, 0.1) is 5.41 Å². The maximum atomic E-state index is 11.0. The molecule has 1 aromatic rings. The van der Waals surface area contributed by atoms with Gasteiger partial charge in [-0.25, -0.2) is 0 Å². The standard InChI is InChI=1S/C16H25NO2/c1-11(2)13-7-6-12(3)14(8-13)9-17-10-16(4,5)15(18)19/h6-8,11,17H,9-10H2,1-5H3,(H,18,19). The number of aliphatic carboxylic acids is 1. The molecule has 2 N–H and O–H groups in total. The Morgan fingerprint density at radius 3 is 2.53 bits per heavy atom. The third-order valence-corrected chi connectivity index (χ3v) is 3.50. The zero-order valence-corrected chi connectivity index (χ0v) is 12.6. The third kappa shape index (κ3) is 4.35. The summed E-state index contributed by atoms with van der Waals surface area (Å²) < 4.78 is 0. The number of rotatable bonds is 6. The summed E-state index contributed by atoms with van der Waals surface area (Å²) in [6.45, 7) is 11.1. The van der Waals surface area contributed by atoms with E-state index in [-0.39, 0.29) is 0 Å². The lowest BCUT2D eigenvalue weighted by atomic mass is 9.93. The van der Waals surface area contributed by atoms with Crippen LogP contribution in [-0.4, -0.2) is 17.6 Å².